The van der Waals surface area contributed by atoms with Crippen LogP contribution in [-0.4, -0.2) is 17.0 Å². The Balaban J connectivity index is 2.37. The third-order valence-corrected chi connectivity index (χ3v) is 2.77. The fourth-order valence-electron chi connectivity index (χ4n) is 1.57. The summed E-state index contributed by atoms with van der Waals surface area (Å²) in [6.07, 6.45) is 3.05. The minimum Gasteiger partial charge on any atom is -0.328 e. The quantitative estimate of drug-likeness (QED) is 0.906. The highest BCUT2D eigenvalue weighted by atomic mass is 35.5. The Bertz CT molecular complexity index is 515. The van der Waals surface area contributed by atoms with Crippen LogP contribution in [0, 0.1) is 0 Å². The number of halogens is 1. The van der Waals surface area contributed by atoms with Crippen molar-refractivity contribution >= 4 is 23.1 Å². The van der Waals surface area contributed by atoms with Crippen LogP contribution in [-0.2, 0) is 6.54 Å². The van der Waals surface area contributed by atoms with Gasteiger partial charge in [0.1, 0.15) is 11.3 Å². The molecule has 2 rings (SSSR count). The Hall–Kier alpha value is -1.65. The van der Waals surface area contributed by atoms with Gasteiger partial charge in [0, 0.05) is 19.3 Å². The van der Waals surface area contributed by atoms with Gasteiger partial charge in [0.15, 0.2) is 5.82 Å². The van der Waals surface area contributed by atoms with Crippen LogP contribution in [0.3, 0.4) is 0 Å². The molecule has 2 aromatic rings. The Morgan fingerprint density at radius 2 is 2.24 bits per heavy atom. The smallest absolute Gasteiger partial charge is 0.154 e. The summed E-state index contributed by atoms with van der Waals surface area (Å²) in [5.74, 6) is 0.677. The summed E-state index contributed by atoms with van der Waals surface area (Å²) < 4.78 is 0. The predicted octanol–water partition coefficient (Wildman–Crippen LogP) is 2.36. The minimum atomic E-state index is 0.513. The maximum atomic E-state index is 6.05. The van der Waals surface area contributed by atoms with E-state index in [1.54, 1.807) is 6.20 Å². The number of nitrogens with two attached hydrogens (primary N) is 1. The number of hydrogen-bond acceptors (Lipinski definition) is 4. The molecule has 17 heavy (non-hydrogen) atoms. The molecule has 1 aromatic heterocycles. The molecular weight excluding hydrogens is 236 g/mol. The number of anilines is 2. The molecule has 0 radical (unpaired) electrons. The summed E-state index contributed by atoms with van der Waals surface area (Å²) in [5, 5.41) is 0.521. The molecule has 0 spiro atoms. The molecule has 0 aliphatic carbocycles. The van der Waals surface area contributed by atoms with Crippen molar-refractivity contribution in [1.29, 1.82) is 0 Å². The van der Waals surface area contributed by atoms with Crippen molar-refractivity contribution in [2.24, 2.45) is 5.73 Å². The standard InChI is InChI=1S/C12H13ClN4/c1-17(12-11(13)7-15-8-16-12)10-4-2-3-9(5-10)6-14/h2-5,7-8H,6,14H2,1H3. The van der Waals surface area contributed by atoms with E-state index in [0.29, 0.717) is 17.4 Å². The third-order valence-electron chi connectivity index (χ3n) is 2.50. The first-order valence-electron chi connectivity index (χ1n) is 5.20. The first kappa shape index (κ1) is 11.8. The van der Waals surface area contributed by atoms with Gasteiger partial charge in [-0.25, -0.2) is 9.97 Å². The predicted molar refractivity (Wildman–Crippen MR) is 69.4 cm³/mol. The molecule has 1 aromatic carbocycles. The molecule has 88 valence electrons. The number of aromatic nitrogens is 2. The SMILES string of the molecule is CN(c1cccc(CN)c1)c1ncncc1Cl. The molecule has 1 heterocycles. The number of nitrogens with zero attached hydrogens (tertiary/aromatic N) is 3. The Labute approximate surface area is 105 Å². The van der Waals surface area contributed by atoms with E-state index >= 15 is 0 Å². The maximum Gasteiger partial charge on any atom is 0.154 e. The van der Waals surface area contributed by atoms with Crippen LogP contribution in [0.2, 0.25) is 5.02 Å². The zero-order valence-corrected chi connectivity index (χ0v) is 10.2. The number of rotatable bonds is 3. The maximum absolute atomic E-state index is 6.05. The summed E-state index contributed by atoms with van der Waals surface area (Å²) in [6.45, 7) is 0.513. The van der Waals surface area contributed by atoms with Crippen LogP contribution in [0.1, 0.15) is 5.56 Å². The zero-order valence-electron chi connectivity index (χ0n) is 9.47. The van der Waals surface area contributed by atoms with Gasteiger partial charge in [0.05, 0.1) is 6.20 Å². The molecule has 0 aliphatic heterocycles. The lowest BCUT2D eigenvalue weighted by molar-refractivity contribution is 1.05. The second kappa shape index (κ2) is 5.12. The fourth-order valence-corrected chi connectivity index (χ4v) is 1.80. The van der Waals surface area contributed by atoms with Gasteiger partial charge in [-0.3, -0.25) is 0 Å². The van der Waals surface area contributed by atoms with Crippen molar-refractivity contribution in [3.8, 4) is 0 Å². The van der Waals surface area contributed by atoms with Crippen LogP contribution in [0.25, 0.3) is 0 Å². The molecule has 0 saturated carbocycles. The van der Waals surface area contributed by atoms with Crippen LogP contribution in [0.5, 0.6) is 0 Å². The lowest BCUT2D eigenvalue weighted by atomic mass is 10.2. The summed E-state index contributed by atoms with van der Waals surface area (Å²) >= 11 is 6.05. The van der Waals surface area contributed by atoms with Crippen LogP contribution in [0.4, 0.5) is 11.5 Å². The van der Waals surface area contributed by atoms with Crippen molar-refractivity contribution in [3.05, 3.63) is 47.4 Å². The zero-order chi connectivity index (χ0) is 12.3. The van der Waals surface area contributed by atoms with Gasteiger partial charge in [0.2, 0.25) is 0 Å². The highest BCUT2D eigenvalue weighted by Gasteiger charge is 2.09. The van der Waals surface area contributed by atoms with E-state index in [2.05, 4.69) is 9.97 Å². The summed E-state index contributed by atoms with van der Waals surface area (Å²) in [5.41, 5.74) is 7.68. The molecule has 0 saturated heterocycles. The first-order valence-corrected chi connectivity index (χ1v) is 5.58. The highest BCUT2D eigenvalue weighted by molar-refractivity contribution is 6.32. The van der Waals surface area contributed by atoms with Crippen LogP contribution >= 0.6 is 11.6 Å². The number of hydrogen-bond donors (Lipinski definition) is 1. The second-order valence-electron chi connectivity index (χ2n) is 3.63. The topological polar surface area (TPSA) is 55.0 Å². The van der Waals surface area contributed by atoms with Crippen LogP contribution in [0.15, 0.2) is 36.8 Å². The summed E-state index contributed by atoms with van der Waals surface area (Å²) in [4.78, 5) is 9.93. The van der Waals surface area contributed by atoms with Crippen LogP contribution < -0.4 is 10.6 Å². The molecule has 2 N–H and O–H groups in total. The average Bonchev–Trinajstić information content (AvgIpc) is 2.38. The Kier molecular flexibility index (Phi) is 3.56. The molecule has 0 atom stereocenters. The van der Waals surface area contributed by atoms with Crippen molar-refractivity contribution in [2.45, 2.75) is 6.54 Å². The van der Waals surface area contributed by atoms with E-state index < -0.39 is 0 Å². The van der Waals surface area contributed by atoms with E-state index in [4.69, 9.17) is 17.3 Å². The molecule has 0 amide bonds. The van der Waals surface area contributed by atoms with Gasteiger partial charge in [0.25, 0.3) is 0 Å². The van der Waals surface area contributed by atoms with Gasteiger partial charge in [-0.1, -0.05) is 23.7 Å². The van der Waals surface area contributed by atoms with Gasteiger partial charge >= 0.3 is 0 Å². The van der Waals surface area contributed by atoms with Gasteiger partial charge < -0.3 is 10.6 Å². The highest BCUT2D eigenvalue weighted by Crippen LogP contribution is 2.27. The Morgan fingerprint density at radius 1 is 1.41 bits per heavy atom. The van der Waals surface area contributed by atoms with E-state index in [0.717, 1.165) is 11.3 Å². The summed E-state index contributed by atoms with van der Waals surface area (Å²) in [7, 11) is 1.91. The fraction of sp³-hybridized carbons (Fsp3) is 0.167. The van der Waals surface area contributed by atoms with E-state index in [9.17, 15) is 0 Å². The lowest BCUT2D eigenvalue weighted by Gasteiger charge is -2.19. The average molecular weight is 249 g/mol. The molecule has 0 aliphatic rings. The van der Waals surface area contributed by atoms with Gasteiger partial charge in [-0.2, -0.15) is 0 Å². The van der Waals surface area contributed by atoms with Gasteiger partial charge in [-0.05, 0) is 17.7 Å². The normalized spacial score (nSPS) is 10.3. The van der Waals surface area contributed by atoms with Crippen molar-refractivity contribution in [2.75, 3.05) is 11.9 Å². The first-order chi connectivity index (χ1) is 8.22. The van der Waals surface area contributed by atoms with Crippen molar-refractivity contribution in [3.63, 3.8) is 0 Å². The monoisotopic (exact) mass is 248 g/mol. The molecular formula is C12H13ClN4. The molecule has 0 fully saturated rings. The minimum absolute atomic E-state index is 0.513. The van der Waals surface area contributed by atoms with E-state index in [1.807, 2.05) is 36.2 Å². The molecule has 0 bridgehead atoms. The lowest BCUT2D eigenvalue weighted by Crippen LogP contribution is -2.12. The summed E-state index contributed by atoms with van der Waals surface area (Å²) in [6, 6.07) is 7.94. The molecule has 4 nitrogen and oxygen atoms in total. The second-order valence-corrected chi connectivity index (χ2v) is 4.03. The van der Waals surface area contributed by atoms with E-state index in [-0.39, 0.29) is 0 Å². The molecule has 0 unspecified atom stereocenters. The molecule has 5 heteroatoms. The number of benzene rings is 1. The van der Waals surface area contributed by atoms with Gasteiger partial charge in [-0.15, -0.1) is 0 Å². The van der Waals surface area contributed by atoms with E-state index in [1.165, 1.54) is 6.33 Å². The van der Waals surface area contributed by atoms with Crippen molar-refractivity contribution < 1.29 is 0 Å². The Morgan fingerprint density at radius 3 is 2.94 bits per heavy atom. The largest absolute Gasteiger partial charge is 0.328 e. The van der Waals surface area contributed by atoms with Crippen molar-refractivity contribution in [1.82, 2.24) is 9.97 Å². The third kappa shape index (κ3) is 2.54.